The number of hydrogen-bond acceptors (Lipinski definition) is 3. The summed E-state index contributed by atoms with van der Waals surface area (Å²) in [6.45, 7) is 8.73. The molecule has 0 saturated carbocycles. The highest BCUT2D eigenvalue weighted by Gasteiger charge is 2.06. The number of hydrogen-bond donors (Lipinski definition) is 0. The summed E-state index contributed by atoms with van der Waals surface area (Å²) in [6, 6.07) is 0. The molecule has 0 amide bonds. The summed E-state index contributed by atoms with van der Waals surface area (Å²) in [6.07, 6.45) is 2.39. The van der Waals surface area contributed by atoms with Crippen LogP contribution in [0.25, 0.3) is 4.85 Å². The summed E-state index contributed by atoms with van der Waals surface area (Å²) < 4.78 is 4.89. The summed E-state index contributed by atoms with van der Waals surface area (Å²) in [7, 11) is 1.48. The van der Waals surface area contributed by atoms with Crippen molar-refractivity contribution >= 4 is 5.82 Å². The first-order chi connectivity index (χ1) is 5.81. The molecule has 1 aromatic rings. The molecule has 0 spiro atoms. The Morgan fingerprint density at radius 3 is 2.92 bits per heavy atom. The molecule has 0 bridgehead atoms. The van der Waals surface area contributed by atoms with Crippen LogP contribution in [0.5, 0.6) is 5.88 Å². The van der Waals surface area contributed by atoms with E-state index in [0.29, 0.717) is 5.88 Å². The van der Waals surface area contributed by atoms with Gasteiger partial charge in [-0.25, -0.2) is 4.98 Å². The molecule has 1 aromatic heterocycles. The third kappa shape index (κ3) is 1.51. The lowest BCUT2D eigenvalue weighted by molar-refractivity contribution is 0.397. The molecule has 0 aliphatic rings. The molecule has 1 heterocycles. The Morgan fingerprint density at radius 1 is 1.67 bits per heavy atom. The molecular formula is C8H9N3O. The summed E-state index contributed by atoms with van der Waals surface area (Å²) in [5.41, 5.74) is 0.833. The van der Waals surface area contributed by atoms with E-state index in [2.05, 4.69) is 14.8 Å². The van der Waals surface area contributed by atoms with Crippen LogP contribution in [0, 0.1) is 6.57 Å². The molecule has 0 aromatic carbocycles. The monoisotopic (exact) mass is 163 g/mol. The predicted octanol–water partition coefficient (Wildman–Crippen LogP) is 1.60. The fraction of sp³-hybridized carbons (Fsp3) is 0.375. The van der Waals surface area contributed by atoms with Gasteiger partial charge in [0.05, 0.1) is 12.8 Å². The second-order valence-corrected chi connectivity index (χ2v) is 2.16. The molecule has 4 nitrogen and oxygen atoms in total. The number of aromatic nitrogens is 2. The van der Waals surface area contributed by atoms with Gasteiger partial charge in [0.25, 0.3) is 0 Å². The van der Waals surface area contributed by atoms with Gasteiger partial charge in [-0.15, -0.1) is 4.98 Å². The molecule has 0 N–H and O–H groups in total. The van der Waals surface area contributed by atoms with E-state index >= 15 is 0 Å². The molecular weight excluding hydrogens is 154 g/mol. The van der Waals surface area contributed by atoms with Gasteiger partial charge in [-0.2, -0.15) is 0 Å². The van der Waals surface area contributed by atoms with E-state index in [-0.39, 0.29) is 5.82 Å². The van der Waals surface area contributed by atoms with Gasteiger partial charge in [0.15, 0.2) is 0 Å². The topological polar surface area (TPSA) is 39.4 Å². The molecule has 0 unspecified atom stereocenters. The first-order valence-electron chi connectivity index (χ1n) is 3.59. The van der Waals surface area contributed by atoms with Crippen LogP contribution in [0.1, 0.15) is 12.6 Å². The van der Waals surface area contributed by atoms with Crippen molar-refractivity contribution in [1.82, 2.24) is 9.97 Å². The molecule has 0 aliphatic heterocycles. The van der Waals surface area contributed by atoms with Crippen LogP contribution in [-0.2, 0) is 6.42 Å². The van der Waals surface area contributed by atoms with Crippen LogP contribution in [-0.4, -0.2) is 17.1 Å². The average molecular weight is 163 g/mol. The van der Waals surface area contributed by atoms with E-state index in [0.717, 1.165) is 12.1 Å². The standard InChI is InChI=1S/C8H9N3O/c1-4-6-5-10-7(9-2)8(11-6)12-3/h5H,4H2,1,3H3. The normalized spacial score (nSPS) is 9.08. The molecule has 0 radical (unpaired) electrons. The minimum absolute atomic E-state index is 0.217. The minimum Gasteiger partial charge on any atom is -0.488 e. The number of methoxy groups -OCH3 is 1. The van der Waals surface area contributed by atoms with Gasteiger partial charge in [-0.05, 0) is 6.42 Å². The number of nitrogens with zero attached hydrogens (tertiary/aromatic N) is 3. The second-order valence-electron chi connectivity index (χ2n) is 2.16. The Hall–Kier alpha value is -1.63. The Balaban J connectivity index is 3.13. The molecule has 0 aliphatic carbocycles. The number of aryl methyl sites for hydroxylation is 1. The largest absolute Gasteiger partial charge is 0.488 e. The van der Waals surface area contributed by atoms with Gasteiger partial charge < -0.3 is 9.58 Å². The van der Waals surface area contributed by atoms with E-state index in [1.54, 1.807) is 6.20 Å². The summed E-state index contributed by atoms with van der Waals surface area (Å²) in [4.78, 5) is 11.1. The highest BCUT2D eigenvalue weighted by Crippen LogP contribution is 2.21. The van der Waals surface area contributed by atoms with Crippen molar-refractivity contribution in [1.29, 1.82) is 0 Å². The van der Waals surface area contributed by atoms with E-state index in [9.17, 15) is 0 Å². The molecule has 12 heavy (non-hydrogen) atoms. The second kappa shape index (κ2) is 3.67. The number of ether oxygens (including phenoxy) is 1. The third-order valence-electron chi connectivity index (χ3n) is 1.43. The fourth-order valence-electron chi connectivity index (χ4n) is 0.784. The number of rotatable bonds is 2. The first-order valence-corrected chi connectivity index (χ1v) is 3.59. The molecule has 4 heteroatoms. The zero-order valence-corrected chi connectivity index (χ0v) is 7.03. The molecule has 0 saturated heterocycles. The Morgan fingerprint density at radius 2 is 2.42 bits per heavy atom. The maximum absolute atomic E-state index is 6.76. The molecule has 62 valence electrons. The third-order valence-corrected chi connectivity index (χ3v) is 1.43. The van der Waals surface area contributed by atoms with Gasteiger partial charge in [0.2, 0.25) is 5.88 Å². The molecule has 0 atom stereocenters. The van der Waals surface area contributed by atoms with E-state index < -0.39 is 0 Å². The van der Waals surface area contributed by atoms with E-state index in [1.165, 1.54) is 7.11 Å². The van der Waals surface area contributed by atoms with Crippen LogP contribution in [0.4, 0.5) is 5.82 Å². The lowest BCUT2D eigenvalue weighted by Crippen LogP contribution is -1.94. The summed E-state index contributed by atoms with van der Waals surface area (Å²) in [5.74, 6) is 0.527. The highest BCUT2D eigenvalue weighted by molar-refractivity contribution is 5.46. The summed E-state index contributed by atoms with van der Waals surface area (Å²) >= 11 is 0. The van der Waals surface area contributed by atoms with Crippen molar-refractivity contribution in [2.75, 3.05) is 7.11 Å². The Bertz CT molecular complexity index is 317. The maximum atomic E-state index is 6.76. The van der Waals surface area contributed by atoms with E-state index in [1.807, 2.05) is 6.92 Å². The van der Waals surface area contributed by atoms with Gasteiger partial charge in [0.1, 0.15) is 6.20 Å². The van der Waals surface area contributed by atoms with Crippen LogP contribution >= 0.6 is 0 Å². The van der Waals surface area contributed by atoms with Crippen LogP contribution in [0.2, 0.25) is 0 Å². The lowest BCUT2D eigenvalue weighted by atomic mass is 10.3. The van der Waals surface area contributed by atoms with Crippen LogP contribution in [0.3, 0.4) is 0 Å². The van der Waals surface area contributed by atoms with Crippen molar-refractivity contribution < 1.29 is 4.74 Å². The quantitative estimate of drug-likeness (QED) is 0.621. The zero-order chi connectivity index (χ0) is 8.97. The lowest BCUT2D eigenvalue weighted by Gasteiger charge is -2.00. The zero-order valence-electron chi connectivity index (χ0n) is 7.03. The summed E-state index contributed by atoms with van der Waals surface area (Å²) in [5, 5.41) is 0. The van der Waals surface area contributed by atoms with E-state index in [4.69, 9.17) is 11.3 Å². The van der Waals surface area contributed by atoms with Crippen LogP contribution < -0.4 is 4.74 Å². The first kappa shape index (κ1) is 8.47. The Labute approximate surface area is 71.0 Å². The van der Waals surface area contributed by atoms with Gasteiger partial charge >= 0.3 is 5.82 Å². The van der Waals surface area contributed by atoms with Gasteiger partial charge in [-0.3, -0.25) is 0 Å². The Kier molecular flexibility index (Phi) is 2.59. The van der Waals surface area contributed by atoms with Crippen molar-refractivity contribution in [2.24, 2.45) is 0 Å². The molecule has 0 fully saturated rings. The smallest absolute Gasteiger partial charge is 0.331 e. The van der Waals surface area contributed by atoms with Crippen molar-refractivity contribution in [3.8, 4) is 5.88 Å². The average Bonchev–Trinajstić information content (AvgIpc) is 2.16. The van der Waals surface area contributed by atoms with Gasteiger partial charge in [0, 0.05) is 0 Å². The minimum atomic E-state index is 0.217. The SMILES string of the molecule is [C-]#[N+]c1ncc(CC)nc1OC. The fourth-order valence-corrected chi connectivity index (χ4v) is 0.784. The van der Waals surface area contributed by atoms with Crippen LogP contribution in [0.15, 0.2) is 6.20 Å². The van der Waals surface area contributed by atoms with Crippen molar-refractivity contribution in [3.05, 3.63) is 23.3 Å². The maximum Gasteiger partial charge on any atom is 0.331 e. The molecule has 1 rings (SSSR count). The van der Waals surface area contributed by atoms with Gasteiger partial charge in [-0.1, -0.05) is 13.5 Å². The highest BCUT2D eigenvalue weighted by atomic mass is 16.5. The van der Waals surface area contributed by atoms with Crippen molar-refractivity contribution in [3.63, 3.8) is 0 Å². The van der Waals surface area contributed by atoms with Crippen molar-refractivity contribution in [2.45, 2.75) is 13.3 Å². The predicted molar refractivity (Wildman–Crippen MR) is 44.2 cm³/mol.